The van der Waals surface area contributed by atoms with Crippen LogP contribution in [-0.2, 0) is 0 Å². The first-order valence-corrected chi connectivity index (χ1v) is 8.38. The fourth-order valence-corrected chi connectivity index (χ4v) is 3.12. The molecular formula is C19H23N3O2. The highest BCUT2D eigenvalue weighted by Crippen LogP contribution is 2.34. The molecule has 2 aromatic rings. The average molecular weight is 325 g/mol. The molecule has 1 aliphatic rings. The summed E-state index contributed by atoms with van der Waals surface area (Å²) in [4.78, 5) is 23.6. The number of aromatic nitrogens is 2. The lowest BCUT2D eigenvalue weighted by molar-refractivity contribution is 0.0729. The Labute approximate surface area is 142 Å². The first-order valence-electron chi connectivity index (χ1n) is 8.38. The van der Waals surface area contributed by atoms with E-state index in [0.29, 0.717) is 11.5 Å². The quantitative estimate of drug-likeness (QED) is 0.862. The Balaban J connectivity index is 1.87. The number of hydrogen-bond acceptors (Lipinski definition) is 4. The fourth-order valence-electron chi connectivity index (χ4n) is 3.12. The third kappa shape index (κ3) is 3.25. The molecule has 1 aromatic heterocycles. The van der Waals surface area contributed by atoms with Gasteiger partial charge in [-0.25, -0.2) is 9.97 Å². The molecule has 1 saturated heterocycles. The highest BCUT2D eigenvalue weighted by molar-refractivity contribution is 5.92. The van der Waals surface area contributed by atoms with Crippen LogP contribution in [0.5, 0.6) is 5.75 Å². The number of methoxy groups -OCH3 is 1. The summed E-state index contributed by atoms with van der Waals surface area (Å²) in [6, 6.07) is 9.73. The van der Waals surface area contributed by atoms with Crippen molar-refractivity contribution >= 4 is 5.91 Å². The van der Waals surface area contributed by atoms with Gasteiger partial charge in [0.1, 0.15) is 17.3 Å². The monoisotopic (exact) mass is 325 g/mol. The van der Waals surface area contributed by atoms with Gasteiger partial charge in [0.2, 0.25) is 0 Å². The highest BCUT2D eigenvalue weighted by Gasteiger charge is 2.31. The maximum atomic E-state index is 13.0. The largest absolute Gasteiger partial charge is 0.497 e. The van der Waals surface area contributed by atoms with Crippen molar-refractivity contribution in [2.24, 2.45) is 0 Å². The number of ether oxygens (including phenoxy) is 1. The van der Waals surface area contributed by atoms with Crippen LogP contribution in [0.1, 0.15) is 60.5 Å². The van der Waals surface area contributed by atoms with E-state index in [2.05, 4.69) is 16.0 Å². The second kappa shape index (κ2) is 6.99. The van der Waals surface area contributed by atoms with Crippen molar-refractivity contribution in [1.82, 2.24) is 14.9 Å². The predicted octanol–water partition coefficient (Wildman–Crippen LogP) is 3.59. The minimum atomic E-state index is -0.0235. The molecule has 2 heterocycles. The molecule has 0 radical (unpaired) electrons. The molecule has 126 valence electrons. The third-order valence-electron chi connectivity index (χ3n) is 4.40. The van der Waals surface area contributed by atoms with Crippen LogP contribution in [-0.4, -0.2) is 34.4 Å². The molecular weight excluding hydrogens is 302 g/mol. The molecule has 1 atom stereocenters. The van der Waals surface area contributed by atoms with Gasteiger partial charge in [-0.15, -0.1) is 0 Å². The Hall–Kier alpha value is -2.43. The molecule has 5 heteroatoms. The standard InChI is InChI=1S/C19H23N3O2/c1-13(2)18-20-10-9-16(21-18)19(23)22-11-5-8-17(22)14-6-4-7-15(12-14)24-3/h4,6-7,9-10,12-13,17H,5,8,11H2,1-3H3. The second-order valence-corrected chi connectivity index (χ2v) is 6.39. The topological polar surface area (TPSA) is 55.3 Å². The highest BCUT2D eigenvalue weighted by atomic mass is 16.5. The van der Waals surface area contributed by atoms with E-state index < -0.39 is 0 Å². The van der Waals surface area contributed by atoms with E-state index >= 15 is 0 Å². The smallest absolute Gasteiger partial charge is 0.273 e. The van der Waals surface area contributed by atoms with Gasteiger partial charge < -0.3 is 9.64 Å². The molecule has 1 unspecified atom stereocenters. The molecule has 24 heavy (non-hydrogen) atoms. The van der Waals surface area contributed by atoms with Gasteiger partial charge in [0.05, 0.1) is 13.2 Å². The molecule has 3 rings (SSSR count). The fraction of sp³-hybridized carbons (Fsp3) is 0.421. The number of hydrogen-bond donors (Lipinski definition) is 0. The lowest BCUT2D eigenvalue weighted by atomic mass is 10.0. The maximum absolute atomic E-state index is 13.0. The van der Waals surface area contributed by atoms with Crippen LogP contribution < -0.4 is 4.74 Å². The Morgan fingerprint density at radius 3 is 2.92 bits per heavy atom. The molecule has 5 nitrogen and oxygen atoms in total. The zero-order valence-electron chi connectivity index (χ0n) is 14.4. The van der Waals surface area contributed by atoms with E-state index in [4.69, 9.17) is 4.74 Å². The van der Waals surface area contributed by atoms with E-state index in [-0.39, 0.29) is 17.9 Å². The van der Waals surface area contributed by atoms with Crippen LogP contribution in [0.15, 0.2) is 36.5 Å². The van der Waals surface area contributed by atoms with Crippen LogP contribution >= 0.6 is 0 Å². The van der Waals surface area contributed by atoms with Gasteiger partial charge in [-0.05, 0) is 36.6 Å². The maximum Gasteiger partial charge on any atom is 0.273 e. The van der Waals surface area contributed by atoms with E-state index in [0.717, 1.165) is 30.7 Å². The van der Waals surface area contributed by atoms with E-state index in [1.807, 2.05) is 36.9 Å². The molecule has 0 saturated carbocycles. The minimum absolute atomic E-state index is 0.0235. The van der Waals surface area contributed by atoms with Crippen molar-refractivity contribution < 1.29 is 9.53 Å². The van der Waals surface area contributed by atoms with Gasteiger partial charge in [-0.3, -0.25) is 4.79 Å². The Morgan fingerprint density at radius 1 is 1.33 bits per heavy atom. The molecule has 1 aromatic carbocycles. The van der Waals surface area contributed by atoms with Crippen molar-refractivity contribution in [2.45, 2.75) is 38.6 Å². The third-order valence-corrected chi connectivity index (χ3v) is 4.40. The molecule has 1 aliphatic heterocycles. The van der Waals surface area contributed by atoms with Gasteiger partial charge in [0.25, 0.3) is 5.91 Å². The summed E-state index contributed by atoms with van der Waals surface area (Å²) in [5.41, 5.74) is 1.59. The van der Waals surface area contributed by atoms with Crippen LogP contribution in [0.25, 0.3) is 0 Å². The Morgan fingerprint density at radius 2 is 2.17 bits per heavy atom. The summed E-state index contributed by atoms with van der Waals surface area (Å²) >= 11 is 0. The van der Waals surface area contributed by atoms with E-state index in [1.54, 1.807) is 19.4 Å². The lowest BCUT2D eigenvalue weighted by Gasteiger charge is -2.25. The van der Waals surface area contributed by atoms with Crippen LogP contribution in [0.3, 0.4) is 0 Å². The summed E-state index contributed by atoms with van der Waals surface area (Å²) in [6.07, 6.45) is 3.63. The van der Waals surface area contributed by atoms with Crippen molar-refractivity contribution in [2.75, 3.05) is 13.7 Å². The van der Waals surface area contributed by atoms with Gasteiger partial charge in [0.15, 0.2) is 0 Å². The first kappa shape index (κ1) is 16.4. The predicted molar refractivity (Wildman–Crippen MR) is 92.1 cm³/mol. The van der Waals surface area contributed by atoms with Gasteiger partial charge in [-0.1, -0.05) is 26.0 Å². The van der Waals surface area contributed by atoms with Crippen molar-refractivity contribution in [1.29, 1.82) is 0 Å². The normalized spacial score (nSPS) is 17.3. The SMILES string of the molecule is COc1cccc(C2CCCN2C(=O)c2ccnc(C(C)C)n2)c1. The molecule has 1 fully saturated rings. The average Bonchev–Trinajstić information content (AvgIpc) is 3.11. The van der Waals surface area contributed by atoms with Crippen molar-refractivity contribution in [3.63, 3.8) is 0 Å². The van der Waals surface area contributed by atoms with Gasteiger partial charge in [0, 0.05) is 18.7 Å². The van der Waals surface area contributed by atoms with Crippen molar-refractivity contribution in [3.05, 3.63) is 53.6 Å². The molecule has 1 amide bonds. The minimum Gasteiger partial charge on any atom is -0.497 e. The number of likely N-dealkylation sites (tertiary alicyclic amines) is 1. The Kier molecular flexibility index (Phi) is 4.79. The summed E-state index contributed by atoms with van der Waals surface area (Å²) < 4.78 is 5.31. The lowest BCUT2D eigenvalue weighted by Crippen LogP contribution is -2.31. The number of carbonyl (C=O) groups excluding carboxylic acids is 1. The number of amides is 1. The van der Waals surface area contributed by atoms with Crippen molar-refractivity contribution in [3.8, 4) is 5.75 Å². The number of benzene rings is 1. The molecule has 0 N–H and O–H groups in total. The summed E-state index contributed by atoms with van der Waals surface area (Å²) in [5.74, 6) is 1.70. The number of carbonyl (C=O) groups is 1. The van der Waals surface area contributed by atoms with E-state index in [9.17, 15) is 4.79 Å². The number of nitrogens with zero attached hydrogens (tertiary/aromatic N) is 3. The zero-order chi connectivity index (χ0) is 17.1. The Bertz CT molecular complexity index is 730. The molecule has 0 spiro atoms. The second-order valence-electron chi connectivity index (χ2n) is 6.39. The number of rotatable bonds is 4. The van der Waals surface area contributed by atoms with Gasteiger partial charge in [-0.2, -0.15) is 0 Å². The zero-order valence-corrected chi connectivity index (χ0v) is 14.4. The summed E-state index contributed by atoms with van der Waals surface area (Å²) in [6.45, 7) is 4.80. The summed E-state index contributed by atoms with van der Waals surface area (Å²) in [5, 5.41) is 0. The molecule has 0 aliphatic carbocycles. The van der Waals surface area contributed by atoms with Crippen LogP contribution in [0.4, 0.5) is 0 Å². The van der Waals surface area contributed by atoms with Crippen LogP contribution in [0, 0.1) is 0 Å². The first-order chi connectivity index (χ1) is 11.6. The van der Waals surface area contributed by atoms with Crippen LogP contribution in [0.2, 0.25) is 0 Å². The van der Waals surface area contributed by atoms with Gasteiger partial charge >= 0.3 is 0 Å². The summed E-state index contributed by atoms with van der Waals surface area (Å²) in [7, 11) is 1.66. The molecule has 0 bridgehead atoms. The van der Waals surface area contributed by atoms with E-state index in [1.165, 1.54) is 0 Å².